The first-order valence-corrected chi connectivity index (χ1v) is 43.0. The van der Waals surface area contributed by atoms with Crippen molar-refractivity contribution in [1.82, 2.24) is 67.2 Å². The molecule has 0 saturated carbocycles. The normalized spacial score (nSPS) is 28.4. The van der Waals surface area contributed by atoms with Crippen LogP contribution in [-0.2, 0) is 113 Å². The lowest BCUT2D eigenvalue weighted by molar-refractivity contribution is -0.401. The molecule has 2 unspecified atom stereocenters. The van der Waals surface area contributed by atoms with E-state index in [1.54, 1.807) is 0 Å². The third kappa shape index (κ3) is 26.5. The fourth-order valence-electron chi connectivity index (χ4n) is 16.1. The van der Waals surface area contributed by atoms with E-state index in [0.717, 1.165) is 17.8 Å². The first kappa shape index (κ1) is 102. The number of fused-ring (bicyclic) bond motifs is 2. The number of benzene rings is 2. The van der Waals surface area contributed by atoms with Crippen molar-refractivity contribution in [1.29, 1.82) is 0 Å². The van der Waals surface area contributed by atoms with Crippen LogP contribution in [0.15, 0.2) is 84.8 Å². The Morgan fingerprint density at radius 1 is 0.496 bits per heavy atom. The molecule has 8 heterocycles. The lowest BCUT2D eigenvalue weighted by Gasteiger charge is -2.45. The first-order valence-electron chi connectivity index (χ1n) is 43.0. The van der Waals surface area contributed by atoms with Crippen LogP contribution in [0.4, 0.5) is 11.4 Å². The summed E-state index contributed by atoms with van der Waals surface area (Å²) in [6.45, 7) is 4.40. The summed E-state index contributed by atoms with van der Waals surface area (Å²) >= 11 is 0. The Balaban J connectivity index is 0.681. The standard InChI is InChI=1S/C83H122N16O30/c1-82(2)46-16-8-10-18-50(46)96(5)56(82)20-15-21-57-83(3,4)47-17-9-11-19-51(47)99(57)29-14-12-22-59(105)85-28-13-6-7-23-62(108)90-48(24-26-60(106)86-34-44-38-97(94-92-44)30-32-122-78-72(118)68(114)74(54(42-102)126-78)128-80-70(116)66(112)64(110)52(40-100)124-80)77(121)89-37-63(109)91-49(76(120)88-36-58(84)104)25-27-61(107)87-35-45-39-98(95-93-45)31-33-123-79-73(119)69(115)75(55(43-103)127-79)129-81-71(117)67(113)65(111)53(41-101)125-81/h8-11,15-21,38-39,48-49,52-55,64-75,78-81,100-103,110-119H,6-7,12-14,22-37,40-43H2,1-5H3,(H8-,84,85,86,87,88,89,90,91,104,105,106,107,108,109,120,121)/p+1/t48?,49?,52-,53-,54-,55-,64+,65+,66+,67+,68-,69-,70-,71-,72-,73-,74-,75-,78-,79-,80+,81+/m1/s1. The molecule has 0 spiro atoms. The Hall–Kier alpha value is -9.45. The molecule has 2 aromatic carbocycles. The van der Waals surface area contributed by atoms with Gasteiger partial charge in [-0.05, 0) is 70.1 Å². The average Bonchev–Trinajstić information content (AvgIpc) is 1.60. The summed E-state index contributed by atoms with van der Waals surface area (Å²) in [4.78, 5) is 109. The van der Waals surface area contributed by atoms with E-state index in [1.807, 2.05) is 6.07 Å². The van der Waals surface area contributed by atoms with Crippen molar-refractivity contribution in [3.05, 3.63) is 107 Å². The third-order valence-corrected chi connectivity index (χ3v) is 23.4. The molecule has 2 aromatic heterocycles. The van der Waals surface area contributed by atoms with Crippen LogP contribution in [0.3, 0.4) is 0 Å². The fourth-order valence-corrected chi connectivity index (χ4v) is 16.1. The summed E-state index contributed by atoms with van der Waals surface area (Å²) < 4.78 is 49.3. The highest BCUT2D eigenvalue weighted by atomic mass is 16.8. The topological polar surface area (TPSA) is 672 Å². The predicted molar refractivity (Wildman–Crippen MR) is 446 cm³/mol. The number of carbonyl (C=O) groups excluding carboxylic acids is 8. The highest BCUT2D eigenvalue weighted by Gasteiger charge is 2.54. The van der Waals surface area contributed by atoms with Crippen LogP contribution in [0.25, 0.3) is 0 Å². The molecule has 4 aromatic rings. The van der Waals surface area contributed by atoms with Gasteiger partial charge in [-0.3, -0.25) is 38.4 Å². The number of aromatic nitrogens is 6. The molecule has 129 heavy (non-hydrogen) atoms. The molecule has 0 aliphatic carbocycles. The fraction of sp³-hybridized carbons (Fsp3) is 0.651. The van der Waals surface area contributed by atoms with Crippen LogP contribution >= 0.6 is 0 Å². The molecule has 6 aliphatic heterocycles. The zero-order valence-electron chi connectivity index (χ0n) is 72.3. The second kappa shape index (κ2) is 47.6. The van der Waals surface area contributed by atoms with E-state index < -0.39 is 222 Å². The molecule has 714 valence electrons. The Labute approximate surface area is 742 Å². The number of nitrogens with one attached hydrogen (secondary N) is 7. The second-order valence-corrected chi connectivity index (χ2v) is 33.4. The minimum Gasteiger partial charge on any atom is -0.394 e. The van der Waals surface area contributed by atoms with Crippen molar-refractivity contribution in [3.8, 4) is 0 Å². The molecule has 8 amide bonds. The summed E-state index contributed by atoms with van der Waals surface area (Å²) in [5.41, 5.74) is 12.4. The maximum absolute atomic E-state index is 14.0. The Kier molecular flexibility index (Phi) is 37.5. The summed E-state index contributed by atoms with van der Waals surface area (Å²) in [5.74, 6) is -5.73. The van der Waals surface area contributed by atoms with Crippen LogP contribution in [0.2, 0.25) is 0 Å². The zero-order chi connectivity index (χ0) is 93.6. The number of rotatable bonds is 47. The number of hydrogen-bond donors (Lipinski definition) is 22. The van der Waals surface area contributed by atoms with Gasteiger partial charge in [-0.1, -0.05) is 73.2 Å². The molecule has 46 heteroatoms. The number of hydrogen-bond acceptors (Lipinski definition) is 35. The maximum Gasteiger partial charge on any atom is 0.243 e. The van der Waals surface area contributed by atoms with E-state index >= 15 is 0 Å². The van der Waals surface area contributed by atoms with Gasteiger partial charge in [0.2, 0.25) is 52.9 Å². The largest absolute Gasteiger partial charge is 0.394 e. The van der Waals surface area contributed by atoms with Gasteiger partial charge in [0.05, 0.1) is 96.7 Å². The van der Waals surface area contributed by atoms with Crippen LogP contribution < -0.4 is 47.9 Å². The number of aliphatic hydroxyl groups is 14. The number of aliphatic hydroxyl groups excluding tert-OH is 14. The molecule has 4 saturated heterocycles. The molecule has 0 bridgehead atoms. The molecular formula is C83H123N16O30+. The minimum atomic E-state index is -1.87. The van der Waals surface area contributed by atoms with Gasteiger partial charge in [0.1, 0.15) is 128 Å². The van der Waals surface area contributed by atoms with Gasteiger partial charge < -0.3 is 157 Å². The van der Waals surface area contributed by atoms with E-state index in [2.05, 4.69) is 163 Å². The van der Waals surface area contributed by atoms with Crippen molar-refractivity contribution < 1.29 is 152 Å². The summed E-state index contributed by atoms with van der Waals surface area (Å²) in [5, 5.41) is 179. The predicted octanol–water partition coefficient (Wildman–Crippen LogP) is -7.88. The SMILES string of the molecule is C[N+]1=C(/C=C/C=C2\N(CCCCC(=O)NCCCCCC(=O)NC(CCC(=O)NCc3cn(CCO[C@@H]4O[C@H](CO)[C@@H](O[C@@H]5O[C@H](CO)[C@H](O)[C@H](O)[C@H]5O)[C@H](O)[C@H]4O)nn3)C(=O)NCC(=O)NC(CCC(=O)NCc3cn(CCO[C@@H]4O[C@H](CO)[C@@H](O[C@@H]5O[C@H](CO)[C@H](O)[C@H](O)[C@H]5O)[C@H](O)[C@H]4O)nn3)C(=O)NCC(N)=O)c3ccccc3C2(C)C)C(C)(C)c2ccccc21. The highest BCUT2D eigenvalue weighted by molar-refractivity contribution is 6.03. The van der Waals surface area contributed by atoms with Gasteiger partial charge in [-0.15, -0.1) is 10.2 Å². The van der Waals surface area contributed by atoms with Crippen molar-refractivity contribution in [2.75, 3.05) is 77.8 Å². The minimum absolute atomic E-state index is 0.0368. The lowest BCUT2D eigenvalue weighted by atomic mass is 9.81. The number of allylic oxidation sites excluding steroid dienone is 4. The van der Waals surface area contributed by atoms with Gasteiger partial charge in [0.15, 0.2) is 30.9 Å². The van der Waals surface area contributed by atoms with Crippen LogP contribution in [0.1, 0.15) is 121 Å². The molecule has 0 radical (unpaired) electrons. The lowest BCUT2D eigenvalue weighted by Crippen LogP contribution is -2.64. The van der Waals surface area contributed by atoms with Gasteiger partial charge in [0.25, 0.3) is 0 Å². The quantitative estimate of drug-likeness (QED) is 0.0144. The van der Waals surface area contributed by atoms with E-state index in [-0.39, 0.29) is 93.2 Å². The van der Waals surface area contributed by atoms with Crippen molar-refractivity contribution in [2.45, 2.75) is 270 Å². The summed E-state index contributed by atoms with van der Waals surface area (Å²) in [6.07, 6.45) is -22.4. The van der Waals surface area contributed by atoms with Crippen molar-refractivity contribution in [3.63, 3.8) is 0 Å². The maximum atomic E-state index is 14.0. The van der Waals surface area contributed by atoms with Crippen LogP contribution in [0, 0.1) is 0 Å². The number of ether oxygens (including phenoxy) is 8. The molecule has 10 rings (SSSR count). The summed E-state index contributed by atoms with van der Waals surface area (Å²) in [7, 11) is 2.09. The molecule has 46 nitrogen and oxygen atoms in total. The molecule has 22 atom stereocenters. The van der Waals surface area contributed by atoms with E-state index in [9.17, 15) is 110 Å². The van der Waals surface area contributed by atoms with Gasteiger partial charge in [-0.25, -0.2) is 9.36 Å². The van der Waals surface area contributed by atoms with Crippen molar-refractivity contribution in [2.24, 2.45) is 5.73 Å². The second-order valence-electron chi connectivity index (χ2n) is 33.4. The van der Waals surface area contributed by atoms with Crippen LogP contribution in [-0.4, -0.2) is 367 Å². The molecule has 23 N–H and O–H groups in total. The first-order chi connectivity index (χ1) is 61.6. The number of para-hydroxylation sites is 2. The number of unbranched alkanes of at least 4 members (excludes halogenated alkanes) is 3. The smallest absolute Gasteiger partial charge is 0.243 e. The molecule has 6 aliphatic rings. The molecular weight excluding hydrogens is 1700 g/mol. The van der Waals surface area contributed by atoms with E-state index in [4.69, 9.17) is 43.6 Å². The number of primary amides is 1. The zero-order valence-corrected chi connectivity index (χ0v) is 72.3. The Morgan fingerprint density at radius 3 is 1.47 bits per heavy atom. The van der Waals surface area contributed by atoms with Crippen LogP contribution in [0.5, 0.6) is 0 Å². The highest BCUT2D eigenvalue weighted by Crippen LogP contribution is 2.48. The summed E-state index contributed by atoms with van der Waals surface area (Å²) in [6, 6.07) is 13.9. The van der Waals surface area contributed by atoms with E-state index in [1.165, 1.54) is 44.3 Å². The Morgan fingerprint density at radius 2 is 0.953 bits per heavy atom. The third-order valence-electron chi connectivity index (χ3n) is 23.4. The van der Waals surface area contributed by atoms with E-state index in [0.29, 0.717) is 45.2 Å². The number of amides is 8. The van der Waals surface area contributed by atoms with Crippen molar-refractivity contribution >= 4 is 64.3 Å². The van der Waals surface area contributed by atoms with Gasteiger partial charge in [0, 0.05) is 73.3 Å². The van der Waals surface area contributed by atoms with Gasteiger partial charge in [-0.2, -0.15) is 4.58 Å². The Bertz CT molecular complexity index is 4490. The number of nitrogens with zero attached hydrogens (tertiary/aromatic N) is 8. The number of carbonyl (C=O) groups is 8. The molecule has 4 fully saturated rings. The number of nitrogens with two attached hydrogens (primary N) is 1. The number of anilines is 1. The van der Waals surface area contributed by atoms with Gasteiger partial charge >= 0.3 is 0 Å². The average molecular weight is 1820 g/mol. The monoisotopic (exact) mass is 1820 g/mol.